The highest BCUT2D eigenvalue weighted by molar-refractivity contribution is 9.10. The molecule has 0 aliphatic carbocycles. The quantitative estimate of drug-likeness (QED) is 0.869. The molecule has 6 heteroatoms. The fraction of sp³-hybridized carbons (Fsp3) is 0.455. The molecule has 0 saturated carbocycles. The second kappa shape index (κ2) is 5.95. The average Bonchev–Trinajstić information content (AvgIpc) is 2.28. The zero-order chi connectivity index (χ0) is 13.1. The van der Waals surface area contributed by atoms with Crippen molar-refractivity contribution in [3.8, 4) is 0 Å². The van der Waals surface area contributed by atoms with Crippen molar-refractivity contribution in [3.05, 3.63) is 34.3 Å². The van der Waals surface area contributed by atoms with Crippen molar-refractivity contribution < 1.29 is 13.5 Å². The molecular formula is C11H16BrNO3S. The molecule has 1 aromatic carbocycles. The number of halogens is 1. The summed E-state index contributed by atoms with van der Waals surface area (Å²) < 4.78 is 26.9. The van der Waals surface area contributed by atoms with Crippen LogP contribution in [0.4, 0.5) is 0 Å². The highest BCUT2D eigenvalue weighted by Gasteiger charge is 2.22. The van der Waals surface area contributed by atoms with E-state index < -0.39 is 15.3 Å². The zero-order valence-electron chi connectivity index (χ0n) is 9.72. The van der Waals surface area contributed by atoms with Gasteiger partial charge in [0, 0.05) is 10.5 Å². The molecule has 0 spiro atoms. The van der Waals surface area contributed by atoms with Crippen molar-refractivity contribution in [2.45, 2.75) is 25.1 Å². The molecule has 96 valence electrons. The summed E-state index contributed by atoms with van der Waals surface area (Å²) in [5.41, 5.74) is 0.877. The van der Waals surface area contributed by atoms with Crippen molar-refractivity contribution in [1.29, 1.82) is 0 Å². The van der Waals surface area contributed by atoms with E-state index in [0.29, 0.717) is 0 Å². The van der Waals surface area contributed by atoms with Crippen LogP contribution in [0.5, 0.6) is 0 Å². The minimum absolute atomic E-state index is 0.318. The van der Waals surface area contributed by atoms with Crippen LogP contribution in [0, 0.1) is 0 Å². The molecule has 0 aliphatic heterocycles. The molecule has 0 saturated heterocycles. The maximum Gasteiger partial charge on any atom is 0.217 e. The number of hydrogen-bond acceptors (Lipinski definition) is 3. The van der Waals surface area contributed by atoms with Gasteiger partial charge in [-0.3, -0.25) is 0 Å². The first-order valence-corrected chi connectivity index (χ1v) is 7.58. The third-order valence-electron chi connectivity index (χ3n) is 2.50. The lowest BCUT2D eigenvalue weighted by Crippen LogP contribution is -2.36. The Labute approximate surface area is 110 Å². The van der Waals surface area contributed by atoms with Gasteiger partial charge < -0.3 is 5.11 Å². The molecule has 2 unspecified atom stereocenters. The molecule has 1 rings (SSSR count). The van der Waals surface area contributed by atoms with Crippen molar-refractivity contribution in [3.63, 3.8) is 0 Å². The predicted octanol–water partition coefficient (Wildman–Crippen LogP) is 1.81. The Morgan fingerprint density at radius 2 is 1.82 bits per heavy atom. The summed E-state index contributed by atoms with van der Waals surface area (Å²) in [5.74, 6) is 0. The van der Waals surface area contributed by atoms with Gasteiger partial charge in [0.15, 0.2) is 0 Å². The van der Waals surface area contributed by atoms with Crippen LogP contribution in [0.1, 0.15) is 25.5 Å². The van der Waals surface area contributed by atoms with Crippen LogP contribution in [0.25, 0.3) is 0 Å². The van der Waals surface area contributed by atoms with E-state index in [-0.39, 0.29) is 12.6 Å². The third kappa shape index (κ3) is 4.06. The third-order valence-corrected chi connectivity index (χ3v) is 4.92. The van der Waals surface area contributed by atoms with Gasteiger partial charge in [0.05, 0.1) is 11.9 Å². The Morgan fingerprint density at radius 1 is 1.29 bits per heavy atom. The van der Waals surface area contributed by atoms with Gasteiger partial charge in [0.25, 0.3) is 0 Å². The summed E-state index contributed by atoms with van der Waals surface area (Å²) in [6.45, 7) is 2.85. The monoisotopic (exact) mass is 321 g/mol. The van der Waals surface area contributed by atoms with Gasteiger partial charge in [0.1, 0.15) is 0 Å². The SMILES string of the molecule is CC(NS(=O)(=O)C(C)CO)c1ccc(Br)cc1. The normalized spacial score (nSPS) is 15.5. The van der Waals surface area contributed by atoms with E-state index in [2.05, 4.69) is 20.7 Å². The van der Waals surface area contributed by atoms with E-state index in [1.165, 1.54) is 6.92 Å². The molecule has 0 amide bonds. The van der Waals surface area contributed by atoms with E-state index in [0.717, 1.165) is 10.0 Å². The van der Waals surface area contributed by atoms with Crippen LogP contribution >= 0.6 is 15.9 Å². The number of benzene rings is 1. The van der Waals surface area contributed by atoms with Gasteiger partial charge in [0.2, 0.25) is 10.0 Å². The molecule has 1 aromatic rings. The van der Waals surface area contributed by atoms with Crippen molar-refractivity contribution in [2.24, 2.45) is 0 Å². The number of aliphatic hydroxyl groups excluding tert-OH is 1. The summed E-state index contributed by atoms with van der Waals surface area (Å²) >= 11 is 3.32. The second-order valence-corrected chi connectivity index (χ2v) is 6.98. The Kier molecular flexibility index (Phi) is 5.12. The lowest BCUT2D eigenvalue weighted by atomic mass is 10.1. The van der Waals surface area contributed by atoms with Crippen LogP contribution in [0.15, 0.2) is 28.7 Å². The number of aliphatic hydroxyl groups is 1. The maximum absolute atomic E-state index is 11.7. The largest absolute Gasteiger partial charge is 0.395 e. The fourth-order valence-electron chi connectivity index (χ4n) is 1.28. The average molecular weight is 322 g/mol. The molecule has 0 fully saturated rings. The standard InChI is InChI=1S/C11H16BrNO3S/c1-8(7-14)17(15,16)13-9(2)10-3-5-11(12)6-4-10/h3-6,8-9,13-14H,7H2,1-2H3. The van der Waals surface area contributed by atoms with E-state index in [4.69, 9.17) is 5.11 Å². The Morgan fingerprint density at radius 3 is 2.29 bits per heavy atom. The van der Waals surface area contributed by atoms with E-state index >= 15 is 0 Å². The smallest absolute Gasteiger partial charge is 0.217 e. The Hall–Kier alpha value is -0.430. The van der Waals surface area contributed by atoms with E-state index in [1.807, 2.05) is 24.3 Å². The van der Waals surface area contributed by atoms with E-state index in [9.17, 15) is 8.42 Å². The van der Waals surface area contributed by atoms with Crippen LogP contribution in [0.2, 0.25) is 0 Å². The van der Waals surface area contributed by atoms with Gasteiger partial charge in [-0.05, 0) is 31.5 Å². The predicted molar refractivity (Wildman–Crippen MR) is 71.2 cm³/mol. The summed E-state index contributed by atoms with van der Waals surface area (Å²) in [7, 11) is -3.48. The minimum atomic E-state index is -3.48. The van der Waals surface area contributed by atoms with Gasteiger partial charge >= 0.3 is 0 Å². The summed E-state index contributed by atoms with van der Waals surface area (Å²) in [6.07, 6.45) is 0. The Bertz CT molecular complexity index is 458. The molecule has 2 atom stereocenters. The highest BCUT2D eigenvalue weighted by atomic mass is 79.9. The number of sulfonamides is 1. The maximum atomic E-state index is 11.7. The van der Waals surface area contributed by atoms with E-state index in [1.54, 1.807) is 6.92 Å². The molecule has 0 heterocycles. The molecule has 4 nitrogen and oxygen atoms in total. The first kappa shape index (κ1) is 14.6. The van der Waals surface area contributed by atoms with Crippen molar-refractivity contribution in [1.82, 2.24) is 4.72 Å². The lowest BCUT2D eigenvalue weighted by molar-refractivity contribution is 0.294. The molecule has 2 N–H and O–H groups in total. The Balaban J connectivity index is 2.79. The molecule has 17 heavy (non-hydrogen) atoms. The van der Waals surface area contributed by atoms with Gasteiger partial charge in [-0.2, -0.15) is 0 Å². The van der Waals surface area contributed by atoms with Crippen LogP contribution in [-0.2, 0) is 10.0 Å². The van der Waals surface area contributed by atoms with Crippen LogP contribution in [0.3, 0.4) is 0 Å². The first-order chi connectivity index (χ1) is 7.86. The number of hydrogen-bond donors (Lipinski definition) is 2. The topological polar surface area (TPSA) is 66.4 Å². The number of rotatable bonds is 5. The molecule has 0 aliphatic rings. The molecule has 0 bridgehead atoms. The van der Waals surface area contributed by atoms with Gasteiger partial charge in [-0.1, -0.05) is 28.1 Å². The summed E-state index contributed by atoms with van der Waals surface area (Å²) in [6, 6.07) is 7.09. The van der Waals surface area contributed by atoms with Crippen LogP contribution < -0.4 is 4.72 Å². The molecule has 0 aromatic heterocycles. The summed E-state index contributed by atoms with van der Waals surface area (Å²) in [5, 5.41) is 8.06. The number of nitrogens with one attached hydrogen (secondary N) is 1. The van der Waals surface area contributed by atoms with Crippen molar-refractivity contribution >= 4 is 26.0 Å². The van der Waals surface area contributed by atoms with Crippen LogP contribution in [-0.4, -0.2) is 25.4 Å². The van der Waals surface area contributed by atoms with Gasteiger partial charge in [-0.15, -0.1) is 0 Å². The van der Waals surface area contributed by atoms with Crippen molar-refractivity contribution in [2.75, 3.05) is 6.61 Å². The molecular weight excluding hydrogens is 306 g/mol. The lowest BCUT2D eigenvalue weighted by Gasteiger charge is -2.17. The first-order valence-electron chi connectivity index (χ1n) is 5.24. The fourth-order valence-corrected chi connectivity index (χ4v) is 2.60. The molecule has 0 radical (unpaired) electrons. The second-order valence-electron chi connectivity index (χ2n) is 3.93. The van der Waals surface area contributed by atoms with Gasteiger partial charge in [-0.25, -0.2) is 13.1 Å². The highest BCUT2D eigenvalue weighted by Crippen LogP contribution is 2.17. The minimum Gasteiger partial charge on any atom is -0.395 e. The zero-order valence-corrected chi connectivity index (χ0v) is 12.1. The summed E-state index contributed by atoms with van der Waals surface area (Å²) in [4.78, 5) is 0.